The van der Waals surface area contributed by atoms with Gasteiger partial charge in [-0.1, -0.05) is 19.9 Å². The van der Waals surface area contributed by atoms with E-state index < -0.39 is 0 Å². The number of thiophene rings is 1. The Morgan fingerprint density at radius 3 is 2.75 bits per heavy atom. The molecule has 0 aliphatic carbocycles. The van der Waals surface area contributed by atoms with Gasteiger partial charge < -0.3 is 11.1 Å². The molecule has 0 aromatic carbocycles. The van der Waals surface area contributed by atoms with Crippen LogP contribution in [0.2, 0.25) is 0 Å². The Hall–Kier alpha value is -0.870. The quantitative estimate of drug-likeness (QED) is 0.829. The smallest absolute Gasteiger partial charge is 0.261 e. The number of nitrogens with two attached hydrogens (primary N) is 1. The maximum atomic E-state index is 11.9. The highest BCUT2D eigenvalue weighted by Crippen LogP contribution is 2.17. The number of nitrogens with one attached hydrogen (secondary N) is 1. The Morgan fingerprint density at radius 1 is 1.62 bits per heavy atom. The van der Waals surface area contributed by atoms with E-state index in [9.17, 15) is 4.79 Å². The summed E-state index contributed by atoms with van der Waals surface area (Å²) in [5.41, 5.74) is 5.44. The molecule has 0 aliphatic heterocycles. The molecule has 0 saturated carbocycles. The summed E-state index contributed by atoms with van der Waals surface area (Å²) in [6.45, 7) is 6.72. The summed E-state index contributed by atoms with van der Waals surface area (Å²) in [6.07, 6.45) is 0.889. The van der Waals surface area contributed by atoms with Crippen LogP contribution in [0, 0.1) is 5.92 Å². The van der Waals surface area contributed by atoms with Crippen molar-refractivity contribution in [3.63, 3.8) is 0 Å². The van der Waals surface area contributed by atoms with E-state index in [0.717, 1.165) is 11.3 Å². The summed E-state index contributed by atoms with van der Waals surface area (Å²) in [5.74, 6) is 0.487. The number of hydrogen-bond donors (Lipinski definition) is 2. The van der Waals surface area contributed by atoms with Crippen molar-refractivity contribution in [1.29, 1.82) is 0 Å². The Labute approximate surface area is 101 Å². The summed E-state index contributed by atoms with van der Waals surface area (Å²) in [6, 6.07) is 3.70. The summed E-state index contributed by atoms with van der Waals surface area (Å²) < 4.78 is 0. The Balaban J connectivity index is 2.66. The van der Waals surface area contributed by atoms with Crippen molar-refractivity contribution in [2.24, 2.45) is 11.7 Å². The second-order valence-corrected chi connectivity index (χ2v) is 5.74. The minimum atomic E-state index is -0.310. The summed E-state index contributed by atoms with van der Waals surface area (Å²) in [4.78, 5) is 12.6. The van der Waals surface area contributed by atoms with E-state index in [2.05, 4.69) is 19.2 Å². The molecule has 0 bridgehead atoms. The molecule has 0 radical (unpaired) electrons. The van der Waals surface area contributed by atoms with Gasteiger partial charge in [-0.3, -0.25) is 4.79 Å². The van der Waals surface area contributed by atoms with Gasteiger partial charge in [0.25, 0.3) is 5.91 Å². The van der Waals surface area contributed by atoms with Crippen molar-refractivity contribution in [2.75, 3.05) is 6.54 Å². The van der Waals surface area contributed by atoms with Crippen LogP contribution in [0.1, 0.15) is 36.9 Å². The highest BCUT2D eigenvalue weighted by atomic mass is 32.1. The highest BCUT2D eigenvalue weighted by molar-refractivity contribution is 7.12. The molecule has 4 heteroatoms. The number of amides is 1. The molecule has 0 spiro atoms. The fraction of sp³-hybridized carbons (Fsp3) is 0.583. The van der Waals surface area contributed by atoms with E-state index in [1.807, 2.05) is 24.4 Å². The van der Waals surface area contributed by atoms with Crippen LogP contribution in [-0.2, 0) is 0 Å². The second-order valence-electron chi connectivity index (χ2n) is 4.79. The molecule has 1 amide bonds. The lowest BCUT2D eigenvalue weighted by Crippen LogP contribution is -2.52. The monoisotopic (exact) mass is 240 g/mol. The number of carbonyl (C=O) groups excluding carboxylic acids is 1. The van der Waals surface area contributed by atoms with Gasteiger partial charge in [-0.15, -0.1) is 11.3 Å². The first-order chi connectivity index (χ1) is 7.47. The molecule has 16 heavy (non-hydrogen) atoms. The van der Waals surface area contributed by atoms with Gasteiger partial charge in [0.2, 0.25) is 0 Å². The van der Waals surface area contributed by atoms with Gasteiger partial charge in [-0.05, 0) is 30.7 Å². The molecular weight excluding hydrogens is 220 g/mol. The normalized spacial score (nSPS) is 14.8. The van der Waals surface area contributed by atoms with Gasteiger partial charge in [0.05, 0.1) is 10.4 Å². The molecule has 90 valence electrons. The number of carbonyl (C=O) groups is 1. The van der Waals surface area contributed by atoms with Gasteiger partial charge in [0.1, 0.15) is 0 Å². The first kappa shape index (κ1) is 13.2. The van der Waals surface area contributed by atoms with Crippen molar-refractivity contribution in [2.45, 2.75) is 32.7 Å². The molecular formula is C12H20N2OS. The molecule has 3 N–H and O–H groups in total. The lowest BCUT2D eigenvalue weighted by atomic mass is 9.90. The van der Waals surface area contributed by atoms with E-state index in [-0.39, 0.29) is 11.4 Å². The van der Waals surface area contributed by atoms with Crippen LogP contribution in [0.15, 0.2) is 17.5 Å². The van der Waals surface area contributed by atoms with Gasteiger partial charge >= 0.3 is 0 Å². The zero-order valence-electron chi connectivity index (χ0n) is 10.1. The molecule has 0 aliphatic rings. The SMILES string of the molecule is CC(C)CC(C)(CN)NC(=O)c1cccs1. The van der Waals surface area contributed by atoms with Crippen LogP contribution < -0.4 is 11.1 Å². The molecule has 0 saturated heterocycles. The van der Waals surface area contributed by atoms with Crippen molar-refractivity contribution >= 4 is 17.2 Å². The Morgan fingerprint density at radius 2 is 2.31 bits per heavy atom. The summed E-state index contributed by atoms with van der Waals surface area (Å²) >= 11 is 1.45. The van der Waals surface area contributed by atoms with Gasteiger partial charge in [-0.2, -0.15) is 0 Å². The maximum Gasteiger partial charge on any atom is 0.261 e. The molecule has 1 atom stereocenters. The van der Waals surface area contributed by atoms with Crippen LogP contribution >= 0.6 is 11.3 Å². The van der Waals surface area contributed by atoms with Crippen LogP contribution in [0.4, 0.5) is 0 Å². The largest absolute Gasteiger partial charge is 0.345 e. The molecule has 1 heterocycles. The third kappa shape index (κ3) is 3.61. The van der Waals surface area contributed by atoms with E-state index >= 15 is 0 Å². The average Bonchev–Trinajstić information content (AvgIpc) is 2.69. The zero-order valence-corrected chi connectivity index (χ0v) is 10.9. The predicted octanol–water partition coefficient (Wildman–Crippen LogP) is 2.24. The highest BCUT2D eigenvalue weighted by Gasteiger charge is 2.26. The summed E-state index contributed by atoms with van der Waals surface area (Å²) in [5, 5.41) is 4.92. The first-order valence-electron chi connectivity index (χ1n) is 5.53. The van der Waals surface area contributed by atoms with E-state index in [4.69, 9.17) is 5.73 Å². The van der Waals surface area contributed by atoms with Crippen molar-refractivity contribution in [3.8, 4) is 0 Å². The fourth-order valence-electron chi connectivity index (χ4n) is 1.83. The third-order valence-electron chi connectivity index (χ3n) is 2.47. The fourth-order valence-corrected chi connectivity index (χ4v) is 2.45. The Bertz CT molecular complexity index is 335. The van der Waals surface area contributed by atoms with Crippen molar-refractivity contribution in [3.05, 3.63) is 22.4 Å². The van der Waals surface area contributed by atoms with E-state index in [1.165, 1.54) is 11.3 Å². The third-order valence-corrected chi connectivity index (χ3v) is 3.34. The predicted molar refractivity (Wildman–Crippen MR) is 68.7 cm³/mol. The standard InChI is InChI=1S/C12H20N2OS/c1-9(2)7-12(3,8-13)14-11(15)10-5-4-6-16-10/h4-6,9H,7-8,13H2,1-3H3,(H,14,15). The second kappa shape index (κ2) is 5.46. The number of hydrogen-bond acceptors (Lipinski definition) is 3. The van der Waals surface area contributed by atoms with Gasteiger partial charge in [0.15, 0.2) is 0 Å². The zero-order chi connectivity index (χ0) is 12.2. The maximum absolute atomic E-state index is 11.9. The first-order valence-corrected chi connectivity index (χ1v) is 6.41. The van der Waals surface area contributed by atoms with Crippen LogP contribution in [0.3, 0.4) is 0 Å². The minimum Gasteiger partial charge on any atom is -0.345 e. The molecule has 3 nitrogen and oxygen atoms in total. The minimum absolute atomic E-state index is 0.0244. The number of rotatable bonds is 5. The molecule has 0 fully saturated rings. The van der Waals surface area contributed by atoms with Crippen LogP contribution in [0.5, 0.6) is 0 Å². The molecule has 1 aromatic rings. The average molecular weight is 240 g/mol. The molecule has 1 unspecified atom stereocenters. The van der Waals surface area contributed by atoms with E-state index in [1.54, 1.807) is 0 Å². The molecule has 1 aromatic heterocycles. The lowest BCUT2D eigenvalue weighted by Gasteiger charge is -2.31. The van der Waals surface area contributed by atoms with Crippen LogP contribution in [0.25, 0.3) is 0 Å². The van der Waals surface area contributed by atoms with Gasteiger partial charge in [0, 0.05) is 6.54 Å². The van der Waals surface area contributed by atoms with Crippen molar-refractivity contribution in [1.82, 2.24) is 5.32 Å². The summed E-state index contributed by atoms with van der Waals surface area (Å²) in [7, 11) is 0. The topological polar surface area (TPSA) is 55.1 Å². The molecule has 1 rings (SSSR count). The van der Waals surface area contributed by atoms with Crippen LogP contribution in [-0.4, -0.2) is 18.0 Å². The van der Waals surface area contributed by atoms with Gasteiger partial charge in [-0.25, -0.2) is 0 Å². The Kier molecular flexibility index (Phi) is 4.50. The lowest BCUT2D eigenvalue weighted by molar-refractivity contribution is 0.0902. The van der Waals surface area contributed by atoms with E-state index in [0.29, 0.717) is 12.5 Å². The van der Waals surface area contributed by atoms with Crippen molar-refractivity contribution < 1.29 is 4.79 Å².